The molecule has 0 radical (unpaired) electrons. The highest BCUT2D eigenvalue weighted by molar-refractivity contribution is 5.87. The van der Waals surface area contributed by atoms with E-state index in [2.05, 4.69) is 22.4 Å². The number of fused-ring (bicyclic) bond motifs is 5. The Morgan fingerprint density at radius 2 is 1.79 bits per heavy atom. The van der Waals surface area contributed by atoms with Crippen LogP contribution in [-0.2, 0) is 11.3 Å². The first-order valence-electron chi connectivity index (χ1n) is 10.1. The molecule has 2 aromatic rings. The van der Waals surface area contributed by atoms with Crippen molar-refractivity contribution in [3.05, 3.63) is 82.4 Å². The highest BCUT2D eigenvalue weighted by Gasteiger charge is 2.56. The van der Waals surface area contributed by atoms with Crippen molar-refractivity contribution in [2.45, 2.75) is 19.0 Å². The van der Waals surface area contributed by atoms with Gasteiger partial charge in [0.2, 0.25) is 5.91 Å². The van der Waals surface area contributed by atoms with Gasteiger partial charge in [-0.3, -0.25) is 14.9 Å². The highest BCUT2D eigenvalue weighted by atomic mass is 16.6. The lowest BCUT2D eigenvalue weighted by molar-refractivity contribution is -0.384. The Morgan fingerprint density at radius 1 is 1.07 bits per heavy atom. The second kappa shape index (κ2) is 7.03. The zero-order valence-electron chi connectivity index (χ0n) is 16.0. The zero-order valence-corrected chi connectivity index (χ0v) is 16.0. The monoisotopic (exact) mass is 389 g/mol. The van der Waals surface area contributed by atoms with E-state index in [1.165, 1.54) is 12.1 Å². The van der Waals surface area contributed by atoms with Crippen LogP contribution in [0.5, 0.6) is 0 Å². The van der Waals surface area contributed by atoms with Crippen molar-refractivity contribution in [2.24, 2.45) is 23.7 Å². The number of nitro groups is 1. The number of non-ortho nitro benzene ring substituents is 1. The number of benzene rings is 2. The third kappa shape index (κ3) is 3.09. The standard InChI is InChI=1S/C23H23N3O3/c27-23(24-13-15-4-2-1-3-5-15)22-21-17-7-6-16(12-17)20(21)14-25(22)18-8-10-19(11-9-18)26(28)29/h1-11,16-17,20-22H,12-14H2,(H,24,27)/t16-,17+,20-,21+,22+/m1/s1. The smallest absolute Gasteiger partial charge is 0.269 e. The minimum Gasteiger partial charge on any atom is -0.359 e. The van der Waals surface area contributed by atoms with Gasteiger partial charge in [-0.25, -0.2) is 0 Å². The molecular formula is C23H23N3O3. The fourth-order valence-electron chi connectivity index (χ4n) is 5.47. The molecule has 1 aliphatic heterocycles. The summed E-state index contributed by atoms with van der Waals surface area (Å²) in [5.74, 6) is 1.79. The summed E-state index contributed by atoms with van der Waals surface area (Å²) in [5.41, 5.74) is 2.02. The molecule has 1 saturated heterocycles. The van der Waals surface area contributed by atoms with E-state index < -0.39 is 4.92 Å². The average Bonchev–Trinajstić information content (AvgIpc) is 3.45. The molecule has 29 heavy (non-hydrogen) atoms. The van der Waals surface area contributed by atoms with Crippen LogP contribution < -0.4 is 10.2 Å². The molecule has 0 unspecified atom stereocenters. The molecule has 2 bridgehead atoms. The number of hydrogen-bond donors (Lipinski definition) is 1. The van der Waals surface area contributed by atoms with Crippen LogP contribution in [0.15, 0.2) is 66.7 Å². The fraction of sp³-hybridized carbons (Fsp3) is 0.348. The highest BCUT2D eigenvalue weighted by Crippen LogP contribution is 2.54. The average molecular weight is 389 g/mol. The summed E-state index contributed by atoms with van der Waals surface area (Å²) < 4.78 is 0. The third-order valence-electron chi connectivity index (χ3n) is 6.77. The first-order valence-corrected chi connectivity index (χ1v) is 10.1. The van der Waals surface area contributed by atoms with Crippen LogP contribution in [0.25, 0.3) is 0 Å². The van der Waals surface area contributed by atoms with Gasteiger partial charge >= 0.3 is 0 Å². The molecule has 2 aliphatic carbocycles. The fourth-order valence-corrected chi connectivity index (χ4v) is 5.47. The van der Waals surface area contributed by atoms with Crippen molar-refractivity contribution in [3.63, 3.8) is 0 Å². The minimum atomic E-state index is -0.392. The van der Waals surface area contributed by atoms with E-state index in [1.807, 2.05) is 30.3 Å². The maximum absolute atomic E-state index is 13.3. The van der Waals surface area contributed by atoms with E-state index >= 15 is 0 Å². The Kier molecular flexibility index (Phi) is 4.34. The van der Waals surface area contributed by atoms with Gasteiger partial charge in [-0.2, -0.15) is 0 Å². The summed E-state index contributed by atoms with van der Waals surface area (Å²) in [6.45, 7) is 1.32. The molecule has 6 nitrogen and oxygen atoms in total. The van der Waals surface area contributed by atoms with E-state index in [1.54, 1.807) is 12.1 Å². The summed E-state index contributed by atoms with van der Waals surface area (Å²) in [5, 5.41) is 14.1. The van der Waals surface area contributed by atoms with Crippen LogP contribution in [0.2, 0.25) is 0 Å². The van der Waals surface area contributed by atoms with Gasteiger partial charge in [0, 0.05) is 30.9 Å². The third-order valence-corrected chi connectivity index (χ3v) is 6.77. The first kappa shape index (κ1) is 17.9. The normalized spacial score (nSPS) is 29.1. The number of carbonyl (C=O) groups excluding carboxylic acids is 1. The Morgan fingerprint density at radius 3 is 2.52 bits per heavy atom. The minimum absolute atomic E-state index is 0.0423. The number of nitrogens with one attached hydrogen (secondary N) is 1. The number of allylic oxidation sites excluding steroid dienone is 2. The molecule has 3 aliphatic rings. The Balaban J connectivity index is 1.41. The number of nitro benzene ring substituents is 1. The number of hydrogen-bond acceptors (Lipinski definition) is 4. The van der Waals surface area contributed by atoms with Gasteiger partial charge in [-0.1, -0.05) is 42.5 Å². The lowest BCUT2D eigenvalue weighted by atomic mass is 9.81. The number of anilines is 1. The predicted molar refractivity (Wildman–Crippen MR) is 110 cm³/mol. The summed E-state index contributed by atoms with van der Waals surface area (Å²) in [4.78, 5) is 26.1. The van der Waals surface area contributed by atoms with Gasteiger partial charge in [-0.15, -0.1) is 0 Å². The molecule has 1 saturated carbocycles. The topological polar surface area (TPSA) is 75.5 Å². The van der Waals surface area contributed by atoms with Gasteiger partial charge in [0.1, 0.15) is 6.04 Å². The van der Waals surface area contributed by atoms with Crippen LogP contribution in [-0.4, -0.2) is 23.4 Å². The molecule has 1 heterocycles. The molecule has 6 heteroatoms. The van der Waals surface area contributed by atoms with Gasteiger partial charge in [0.05, 0.1) is 4.92 Å². The Hall–Kier alpha value is -3.15. The van der Waals surface area contributed by atoms with Crippen molar-refractivity contribution < 1.29 is 9.72 Å². The van der Waals surface area contributed by atoms with Crippen LogP contribution in [0.1, 0.15) is 12.0 Å². The van der Waals surface area contributed by atoms with Gasteiger partial charge in [0.15, 0.2) is 0 Å². The van der Waals surface area contributed by atoms with Crippen LogP contribution in [0.3, 0.4) is 0 Å². The van der Waals surface area contributed by atoms with Crippen molar-refractivity contribution in [1.29, 1.82) is 0 Å². The van der Waals surface area contributed by atoms with Crippen LogP contribution in [0.4, 0.5) is 11.4 Å². The van der Waals surface area contributed by atoms with E-state index in [4.69, 9.17) is 0 Å². The number of rotatable bonds is 5. The van der Waals surface area contributed by atoms with E-state index in [0.717, 1.165) is 24.2 Å². The second-order valence-electron chi connectivity index (χ2n) is 8.26. The van der Waals surface area contributed by atoms with Crippen molar-refractivity contribution in [1.82, 2.24) is 5.32 Å². The van der Waals surface area contributed by atoms with Crippen molar-refractivity contribution >= 4 is 17.3 Å². The Labute approximate surface area is 169 Å². The van der Waals surface area contributed by atoms with Crippen LogP contribution in [0, 0.1) is 33.8 Å². The summed E-state index contributed by atoms with van der Waals surface area (Å²) in [6.07, 6.45) is 5.73. The second-order valence-corrected chi connectivity index (χ2v) is 8.26. The number of carbonyl (C=O) groups is 1. The maximum Gasteiger partial charge on any atom is 0.269 e. The lowest BCUT2D eigenvalue weighted by Crippen LogP contribution is -2.47. The molecule has 1 amide bonds. The van der Waals surface area contributed by atoms with Gasteiger partial charge in [0.25, 0.3) is 5.69 Å². The summed E-state index contributed by atoms with van der Waals surface area (Å²) >= 11 is 0. The molecule has 5 rings (SSSR count). The molecule has 0 aromatic heterocycles. The summed E-state index contributed by atoms with van der Waals surface area (Å²) in [7, 11) is 0. The largest absolute Gasteiger partial charge is 0.359 e. The maximum atomic E-state index is 13.3. The number of nitrogens with zero attached hydrogens (tertiary/aromatic N) is 2. The van der Waals surface area contributed by atoms with Crippen LogP contribution >= 0.6 is 0 Å². The lowest BCUT2D eigenvalue weighted by Gasteiger charge is -2.30. The van der Waals surface area contributed by atoms with Gasteiger partial charge in [-0.05, 0) is 47.8 Å². The van der Waals surface area contributed by atoms with E-state index in [-0.39, 0.29) is 17.6 Å². The SMILES string of the molecule is O=C(NCc1ccccc1)[C@@H]1[C@@H]2[C@H](CN1c1ccc([N+](=O)[O-])cc1)[C@@H]1C=C[C@H]2C1. The quantitative estimate of drug-likeness (QED) is 0.482. The molecule has 1 N–H and O–H groups in total. The van der Waals surface area contributed by atoms with E-state index in [0.29, 0.717) is 30.2 Å². The summed E-state index contributed by atoms with van der Waals surface area (Å²) in [6, 6.07) is 16.3. The molecular weight excluding hydrogens is 366 g/mol. The number of amides is 1. The molecule has 0 spiro atoms. The van der Waals surface area contributed by atoms with Crippen molar-refractivity contribution in [2.75, 3.05) is 11.4 Å². The molecule has 5 atom stereocenters. The van der Waals surface area contributed by atoms with E-state index in [9.17, 15) is 14.9 Å². The van der Waals surface area contributed by atoms with Gasteiger partial charge < -0.3 is 10.2 Å². The Bertz CT molecular complexity index is 957. The molecule has 2 aromatic carbocycles. The zero-order chi connectivity index (χ0) is 20.0. The predicted octanol–water partition coefficient (Wildman–Crippen LogP) is 3.54. The van der Waals surface area contributed by atoms with Crippen molar-refractivity contribution in [3.8, 4) is 0 Å². The molecule has 2 fully saturated rings. The first-order chi connectivity index (χ1) is 14.1. The molecule has 148 valence electrons.